The fraction of sp³-hybridized carbons (Fsp3) is 0.857. The van der Waals surface area contributed by atoms with Crippen LogP contribution in [-0.4, -0.2) is 75.5 Å². The van der Waals surface area contributed by atoms with E-state index in [4.69, 9.17) is 14.2 Å². The molecule has 8 heteroatoms. The number of likely N-dealkylation sites (N-methyl/N-ethyl adjacent to an activating group) is 1. The summed E-state index contributed by atoms with van der Waals surface area (Å²) in [5.74, 6) is -1.73. The maximum Gasteiger partial charge on any atom is 0.306 e. The number of carboxylic acids is 1. The van der Waals surface area contributed by atoms with Crippen LogP contribution in [0.5, 0.6) is 0 Å². The van der Waals surface area contributed by atoms with Gasteiger partial charge in [-0.3, -0.25) is 9.59 Å². The summed E-state index contributed by atoms with van der Waals surface area (Å²) >= 11 is 0. The standard InChI is InChI=1S/C49H91NO7/c1-6-8-10-12-14-16-18-19-20-21-22-23-24-25-26-27-28-29-30-32-34-36-38-40-48(52)57-45(43-55-42-41-46(49(53)54)50(3,4)5)44-56-47(51)39-37-35-33-31-17-15-13-11-9-7-2/h18-19,21-22,45-46H,6-17,20,23-44H2,1-5H3/b19-18-,22-21-. The minimum Gasteiger partial charge on any atom is -0.544 e. The Morgan fingerprint density at radius 2 is 0.930 bits per heavy atom. The molecule has 8 nitrogen and oxygen atoms in total. The van der Waals surface area contributed by atoms with Crippen LogP contribution in [-0.2, 0) is 28.6 Å². The molecule has 2 atom stereocenters. The van der Waals surface area contributed by atoms with Crippen LogP contribution in [0.2, 0.25) is 0 Å². The zero-order valence-electron chi connectivity index (χ0n) is 38.0. The highest BCUT2D eigenvalue weighted by atomic mass is 16.6. The molecule has 2 unspecified atom stereocenters. The van der Waals surface area contributed by atoms with Gasteiger partial charge in [-0.2, -0.15) is 0 Å². The second kappa shape index (κ2) is 40.6. The molecule has 0 fully saturated rings. The van der Waals surface area contributed by atoms with E-state index in [9.17, 15) is 19.5 Å². The average Bonchev–Trinajstić information content (AvgIpc) is 3.17. The summed E-state index contributed by atoms with van der Waals surface area (Å²) < 4.78 is 17.2. The largest absolute Gasteiger partial charge is 0.544 e. The highest BCUT2D eigenvalue weighted by molar-refractivity contribution is 5.70. The first-order valence-electron chi connectivity index (χ1n) is 23.9. The highest BCUT2D eigenvalue weighted by Gasteiger charge is 2.25. The van der Waals surface area contributed by atoms with Crippen molar-refractivity contribution in [3.05, 3.63) is 24.3 Å². The molecular formula is C49H91NO7. The molecular weight excluding hydrogens is 715 g/mol. The van der Waals surface area contributed by atoms with Crippen molar-refractivity contribution >= 4 is 17.9 Å². The fourth-order valence-corrected chi connectivity index (χ4v) is 7.10. The van der Waals surface area contributed by atoms with E-state index in [0.717, 1.165) is 44.9 Å². The van der Waals surface area contributed by atoms with Gasteiger partial charge in [0, 0.05) is 19.3 Å². The van der Waals surface area contributed by atoms with E-state index in [2.05, 4.69) is 38.2 Å². The molecule has 0 aliphatic carbocycles. The lowest BCUT2D eigenvalue weighted by atomic mass is 10.0. The van der Waals surface area contributed by atoms with Gasteiger partial charge in [0.2, 0.25) is 0 Å². The number of hydrogen-bond acceptors (Lipinski definition) is 7. The molecule has 0 aromatic rings. The molecule has 0 N–H and O–H groups in total. The normalized spacial score (nSPS) is 13.1. The zero-order chi connectivity index (χ0) is 42.1. The van der Waals surface area contributed by atoms with Crippen LogP contribution in [0.25, 0.3) is 0 Å². The van der Waals surface area contributed by atoms with Crippen molar-refractivity contribution in [3.8, 4) is 0 Å². The number of carbonyl (C=O) groups is 3. The minimum absolute atomic E-state index is 0.0441. The van der Waals surface area contributed by atoms with E-state index in [1.807, 2.05) is 0 Å². The lowest BCUT2D eigenvalue weighted by Gasteiger charge is -2.34. The molecule has 0 bridgehead atoms. The van der Waals surface area contributed by atoms with Crippen LogP contribution in [0.1, 0.15) is 219 Å². The molecule has 0 aliphatic rings. The van der Waals surface area contributed by atoms with Gasteiger partial charge in [-0.05, 0) is 44.9 Å². The fourth-order valence-electron chi connectivity index (χ4n) is 7.10. The molecule has 334 valence electrons. The number of unbranched alkanes of at least 4 members (excludes halogenated alkanes) is 25. The maximum absolute atomic E-state index is 12.7. The van der Waals surface area contributed by atoms with Gasteiger partial charge in [-0.25, -0.2) is 0 Å². The van der Waals surface area contributed by atoms with Crippen LogP contribution in [0.4, 0.5) is 0 Å². The van der Waals surface area contributed by atoms with Crippen molar-refractivity contribution in [2.75, 3.05) is 41.0 Å². The van der Waals surface area contributed by atoms with E-state index in [0.29, 0.717) is 12.8 Å². The predicted octanol–water partition coefficient (Wildman–Crippen LogP) is 11.9. The Balaban J connectivity index is 4.18. The first-order chi connectivity index (χ1) is 27.6. The number of rotatable bonds is 43. The Morgan fingerprint density at radius 3 is 1.35 bits per heavy atom. The van der Waals surface area contributed by atoms with Crippen LogP contribution in [0.3, 0.4) is 0 Å². The van der Waals surface area contributed by atoms with Crippen LogP contribution in [0, 0.1) is 0 Å². The second-order valence-electron chi connectivity index (χ2n) is 17.4. The van der Waals surface area contributed by atoms with E-state index in [-0.39, 0.29) is 42.7 Å². The number of aliphatic carboxylic acids is 1. The van der Waals surface area contributed by atoms with Gasteiger partial charge in [-0.1, -0.05) is 179 Å². The summed E-state index contributed by atoms with van der Waals surface area (Å²) in [6.45, 7) is 4.66. The number of carbonyl (C=O) groups excluding carboxylic acids is 3. The number of esters is 2. The van der Waals surface area contributed by atoms with Gasteiger partial charge < -0.3 is 28.6 Å². The Morgan fingerprint density at radius 1 is 0.526 bits per heavy atom. The summed E-state index contributed by atoms with van der Waals surface area (Å²) in [6, 6.07) is -0.722. The molecule has 0 aromatic heterocycles. The first kappa shape index (κ1) is 54.8. The quantitative estimate of drug-likeness (QED) is 0.0262. The molecule has 0 heterocycles. The molecule has 0 spiro atoms. The third-order valence-corrected chi connectivity index (χ3v) is 10.8. The molecule has 0 saturated heterocycles. The number of hydrogen-bond donors (Lipinski definition) is 0. The molecule has 0 aliphatic heterocycles. The highest BCUT2D eigenvalue weighted by Crippen LogP contribution is 2.15. The number of allylic oxidation sites excluding steroid dienone is 4. The lowest BCUT2D eigenvalue weighted by molar-refractivity contribution is -0.889. The molecule has 0 aromatic carbocycles. The Kier molecular flexibility index (Phi) is 39.0. The maximum atomic E-state index is 12.7. The van der Waals surface area contributed by atoms with Crippen molar-refractivity contribution in [2.24, 2.45) is 0 Å². The Labute approximate surface area is 351 Å². The van der Waals surface area contributed by atoms with Crippen LogP contribution in [0.15, 0.2) is 24.3 Å². The minimum atomic E-state index is -1.12. The van der Waals surface area contributed by atoms with E-state index in [1.165, 1.54) is 141 Å². The SMILES string of the molecule is CCCCCCC/C=C\C/C=C\CCCCCCCCCCCCCC(=O)OC(COCCC(C(=O)[O-])[N+](C)(C)C)COC(=O)CCCCCCCCCCCC. The van der Waals surface area contributed by atoms with Gasteiger partial charge in [0.25, 0.3) is 0 Å². The van der Waals surface area contributed by atoms with Crippen molar-refractivity contribution in [2.45, 2.75) is 231 Å². The summed E-state index contributed by atoms with van der Waals surface area (Å²) in [5.41, 5.74) is 0. The summed E-state index contributed by atoms with van der Waals surface area (Å²) in [5, 5.41) is 11.6. The monoisotopic (exact) mass is 806 g/mol. The summed E-state index contributed by atoms with van der Waals surface area (Å²) in [6.07, 6.45) is 44.9. The smallest absolute Gasteiger partial charge is 0.306 e. The average molecular weight is 806 g/mol. The molecule has 0 rings (SSSR count). The second-order valence-corrected chi connectivity index (χ2v) is 17.4. The topological polar surface area (TPSA) is 102 Å². The van der Waals surface area contributed by atoms with Gasteiger partial charge >= 0.3 is 11.9 Å². The van der Waals surface area contributed by atoms with Crippen molar-refractivity contribution in [1.29, 1.82) is 0 Å². The molecule has 0 amide bonds. The predicted molar refractivity (Wildman–Crippen MR) is 236 cm³/mol. The number of quaternary nitrogens is 1. The number of carboxylic acid groups (broad SMARTS) is 1. The third kappa shape index (κ3) is 39.1. The van der Waals surface area contributed by atoms with E-state index < -0.39 is 18.1 Å². The van der Waals surface area contributed by atoms with Crippen LogP contribution >= 0.6 is 0 Å². The number of nitrogens with zero attached hydrogens (tertiary/aromatic N) is 1. The van der Waals surface area contributed by atoms with Gasteiger partial charge in [-0.15, -0.1) is 0 Å². The van der Waals surface area contributed by atoms with Crippen molar-refractivity contribution in [1.82, 2.24) is 0 Å². The van der Waals surface area contributed by atoms with Gasteiger partial charge in [0.05, 0.1) is 40.3 Å². The number of ether oxygens (including phenoxy) is 3. The Hall–Kier alpha value is -2.19. The summed E-state index contributed by atoms with van der Waals surface area (Å²) in [4.78, 5) is 36.8. The van der Waals surface area contributed by atoms with Crippen LogP contribution < -0.4 is 5.11 Å². The van der Waals surface area contributed by atoms with Crippen molar-refractivity contribution in [3.63, 3.8) is 0 Å². The molecule has 57 heavy (non-hydrogen) atoms. The van der Waals surface area contributed by atoms with E-state index >= 15 is 0 Å². The van der Waals surface area contributed by atoms with Gasteiger partial charge in [0.1, 0.15) is 12.6 Å². The van der Waals surface area contributed by atoms with E-state index in [1.54, 1.807) is 21.1 Å². The Bertz CT molecular complexity index is 989. The molecule has 0 saturated carbocycles. The van der Waals surface area contributed by atoms with Gasteiger partial charge in [0.15, 0.2) is 6.10 Å². The zero-order valence-corrected chi connectivity index (χ0v) is 38.0. The van der Waals surface area contributed by atoms with Crippen molar-refractivity contribution < 1.29 is 38.2 Å². The first-order valence-corrected chi connectivity index (χ1v) is 23.9. The third-order valence-electron chi connectivity index (χ3n) is 10.8. The molecule has 0 radical (unpaired) electrons. The summed E-state index contributed by atoms with van der Waals surface area (Å²) in [7, 11) is 5.41. The lowest BCUT2D eigenvalue weighted by Crippen LogP contribution is -2.55.